The molecule has 0 radical (unpaired) electrons. The topological polar surface area (TPSA) is 58.2 Å². The average Bonchev–Trinajstić information content (AvgIpc) is 2.39. The van der Waals surface area contributed by atoms with Crippen molar-refractivity contribution in [2.24, 2.45) is 5.41 Å². The van der Waals surface area contributed by atoms with E-state index >= 15 is 0 Å². The maximum atomic E-state index is 12.5. The Morgan fingerprint density at radius 3 is 2.50 bits per heavy atom. The first-order chi connectivity index (χ1) is 9.53. The van der Waals surface area contributed by atoms with Crippen molar-refractivity contribution >= 4 is 10.0 Å². The Hall–Kier alpha value is -0.910. The van der Waals surface area contributed by atoms with Gasteiger partial charge in [0.1, 0.15) is 0 Å². The van der Waals surface area contributed by atoms with Crippen molar-refractivity contribution in [3.63, 3.8) is 0 Å². The van der Waals surface area contributed by atoms with Crippen LogP contribution in [0.2, 0.25) is 0 Å². The van der Waals surface area contributed by atoms with Crippen LogP contribution in [0.25, 0.3) is 0 Å². The normalized spacial score (nSPS) is 17.7. The summed E-state index contributed by atoms with van der Waals surface area (Å²) >= 11 is 0. The van der Waals surface area contributed by atoms with Gasteiger partial charge < -0.3 is 5.32 Å². The Morgan fingerprint density at radius 1 is 1.25 bits per heavy atom. The summed E-state index contributed by atoms with van der Waals surface area (Å²) in [5, 5.41) is 3.01. The monoisotopic (exact) mass is 296 g/mol. The summed E-state index contributed by atoms with van der Waals surface area (Å²) in [6.45, 7) is 3.25. The van der Waals surface area contributed by atoms with E-state index < -0.39 is 10.0 Å². The molecule has 2 rings (SSSR count). The van der Waals surface area contributed by atoms with Crippen LogP contribution >= 0.6 is 0 Å². The predicted octanol–water partition coefficient (Wildman–Crippen LogP) is 2.26. The molecule has 112 valence electrons. The standard InChI is InChI=1S/C15H24N2O2S/c1-3-15(9-6-10-15)12-17-20(18,19)14-8-5-4-7-13(14)11-16-2/h4-5,7-8,16-17H,3,6,9-12H2,1-2H3. The molecule has 4 nitrogen and oxygen atoms in total. The third kappa shape index (κ3) is 3.22. The molecule has 0 bridgehead atoms. The van der Waals surface area contributed by atoms with Crippen molar-refractivity contribution in [2.75, 3.05) is 13.6 Å². The first-order valence-electron chi connectivity index (χ1n) is 7.25. The number of benzene rings is 1. The lowest BCUT2D eigenvalue weighted by atomic mass is 9.67. The summed E-state index contributed by atoms with van der Waals surface area (Å²) in [6.07, 6.45) is 4.51. The molecular weight excluding hydrogens is 272 g/mol. The molecule has 0 saturated heterocycles. The van der Waals surface area contributed by atoms with E-state index in [1.807, 2.05) is 19.2 Å². The number of sulfonamides is 1. The quantitative estimate of drug-likeness (QED) is 0.811. The largest absolute Gasteiger partial charge is 0.316 e. The maximum Gasteiger partial charge on any atom is 0.240 e. The van der Waals surface area contributed by atoms with Crippen LogP contribution in [0.1, 0.15) is 38.2 Å². The van der Waals surface area contributed by atoms with Crippen LogP contribution in [-0.4, -0.2) is 22.0 Å². The molecule has 1 fully saturated rings. The molecule has 1 aromatic carbocycles. The van der Waals surface area contributed by atoms with Gasteiger partial charge in [0.15, 0.2) is 0 Å². The molecule has 20 heavy (non-hydrogen) atoms. The van der Waals surface area contributed by atoms with E-state index in [-0.39, 0.29) is 5.41 Å². The summed E-state index contributed by atoms with van der Waals surface area (Å²) < 4.78 is 27.8. The molecule has 0 atom stereocenters. The molecule has 1 aliphatic carbocycles. The predicted molar refractivity (Wildman–Crippen MR) is 81.0 cm³/mol. The van der Waals surface area contributed by atoms with Gasteiger partial charge in [0.05, 0.1) is 4.90 Å². The Bertz CT molecular complexity index is 545. The van der Waals surface area contributed by atoms with Gasteiger partial charge >= 0.3 is 0 Å². The Kier molecular flexibility index (Phi) is 4.83. The fourth-order valence-corrected chi connectivity index (χ4v) is 4.16. The van der Waals surface area contributed by atoms with Gasteiger partial charge in [-0.25, -0.2) is 13.1 Å². The summed E-state index contributed by atoms with van der Waals surface area (Å²) in [5.74, 6) is 0. The van der Waals surface area contributed by atoms with E-state index in [9.17, 15) is 8.42 Å². The zero-order valence-electron chi connectivity index (χ0n) is 12.3. The van der Waals surface area contributed by atoms with Crippen molar-refractivity contribution in [1.29, 1.82) is 0 Å². The highest BCUT2D eigenvalue weighted by Gasteiger charge is 2.36. The van der Waals surface area contributed by atoms with Crippen LogP contribution in [0.4, 0.5) is 0 Å². The van der Waals surface area contributed by atoms with Gasteiger partial charge in [-0.15, -0.1) is 0 Å². The van der Waals surface area contributed by atoms with Gasteiger partial charge in [-0.2, -0.15) is 0 Å². The van der Waals surface area contributed by atoms with E-state index in [1.54, 1.807) is 12.1 Å². The maximum absolute atomic E-state index is 12.5. The molecule has 0 aliphatic heterocycles. The molecule has 0 amide bonds. The smallest absolute Gasteiger partial charge is 0.240 e. The van der Waals surface area contributed by atoms with Crippen LogP contribution in [0.5, 0.6) is 0 Å². The van der Waals surface area contributed by atoms with Crippen molar-refractivity contribution in [3.8, 4) is 0 Å². The van der Waals surface area contributed by atoms with Gasteiger partial charge in [0.25, 0.3) is 0 Å². The lowest BCUT2D eigenvalue weighted by Crippen LogP contribution is -2.41. The van der Waals surface area contributed by atoms with Crippen LogP contribution in [-0.2, 0) is 16.6 Å². The zero-order chi connectivity index (χ0) is 14.6. The second-order valence-electron chi connectivity index (χ2n) is 5.67. The Morgan fingerprint density at radius 2 is 1.95 bits per heavy atom. The first-order valence-corrected chi connectivity index (χ1v) is 8.73. The second kappa shape index (κ2) is 6.24. The van der Waals surface area contributed by atoms with E-state index in [2.05, 4.69) is 17.0 Å². The second-order valence-corrected chi connectivity index (χ2v) is 7.41. The van der Waals surface area contributed by atoms with Gasteiger partial charge in [0, 0.05) is 13.1 Å². The summed E-state index contributed by atoms with van der Waals surface area (Å²) in [6, 6.07) is 7.16. The van der Waals surface area contributed by atoms with Gasteiger partial charge in [0.2, 0.25) is 10.0 Å². The van der Waals surface area contributed by atoms with Crippen LogP contribution < -0.4 is 10.0 Å². The SMILES string of the molecule is CCC1(CNS(=O)(=O)c2ccccc2CNC)CCC1. The molecular formula is C15H24N2O2S. The number of hydrogen-bond donors (Lipinski definition) is 2. The Balaban J connectivity index is 2.14. The van der Waals surface area contributed by atoms with Crippen molar-refractivity contribution in [2.45, 2.75) is 44.0 Å². The molecule has 1 saturated carbocycles. The van der Waals surface area contributed by atoms with Crippen LogP contribution in [0.3, 0.4) is 0 Å². The Labute approximate surface area is 122 Å². The summed E-state index contributed by atoms with van der Waals surface area (Å²) in [7, 11) is -1.61. The molecule has 0 aromatic heterocycles. The minimum absolute atomic E-state index is 0.186. The number of rotatable bonds is 7. The minimum atomic E-state index is -3.42. The van der Waals surface area contributed by atoms with Gasteiger partial charge in [-0.05, 0) is 43.4 Å². The molecule has 0 heterocycles. The minimum Gasteiger partial charge on any atom is -0.316 e. The van der Waals surface area contributed by atoms with E-state index in [0.29, 0.717) is 18.0 Å². The van der Waals surface area contributed by atoms with Crippen molar-refractivity contribution in [3.05, 3.63) is 29.8 Å². The highest BCUT2D eigenvalue weighted by molar-refractivity contribution is 7.89. The highest BCUT2D eigenvalue weighted by Crippen LogP contribution is 2.43. The fraction of sp³-hybridized carbons (Fsp3) is 0.600. The molecule has 1 aliphatic rings. The molecule has 0 unspecified atom stereocenters. The molecule has 5 heteroatoms. The van der Waals surface area contributed by atoms with E-state index in [4.69, 9.17) is 0 Å². The van der Waals surface area contributed by atoms with Crippen molar-refractivity contribution < 1.29 is 8.42 Å². The van der Waals surface area contributed by atoms with Gasteiger partial charge in [-0.1, -0.05) is 31.5 Å². The first kappa shape index (κ1) is 15.5. The van der Waals surface area contributed by atoms with Gasteiger partial charge in [-0.3, -0.25) is 0 Å². The molecule has 2 N–H and O–H groups in total. The number of hydrogen-bond acceptors (Lipinski definition) is 3. The lowest BCUT2D eigenvalue weighted by molar-refractivity contribution is 0.133. The zero-order valence-corrected chi connectivity index (χ0v) is 13.1. The lowest BCUT2D eigenvalue weighted by Gasteiger charge is -2.41. The summed E-state index contributed by atoms with van der Waals surface area (Å²) in [5.41, 5.74) is 0.993. The highest BCUT2D eigenvalue weighted by atomic mass is 32.2. The third-order valence-corrected chi connectivity index (χ3v) is 5.93. The number of nitrogens with one attached hydrogen (secondary N) is 2. The fourth-order valence-electron chi connectivity index (χ4n) is 2.76. The van der Waals surface area contributed by atoms with Crippen LogP contribution in [0, 0.1) is 5.41 Å². The molecule has 0 spiro atoms. The average molecular weight is 296 g/mol. The van der Waals surface area contributed by atoms with Crippen LogP contribution in [0.15, 0.2) is 29.2 Å². The van der Waals surface area contributed by atoms with E-state index in [1.165, 1.54) is 6.42 Å². The van der Waals surface area contributed by atoms with Crippen molar-refractivity contribution in [1.82, 2.24) is 10.0 Å². The third-order valence-electron chi connectivity index (χ3n) is 4.43. The summed E-state index contributed by atoms with van der Waals surface area (Å²) in [4.78, 5) is 0.389. The van der Waals surface area contributed by atoms with E-state index in [0.717, 1.165) is 24.8 Å². The molecule has 1 aromatic rings.